The zero-order valence-electron chi connectivity index (χ0n) is 14.7. The standard InChI is InChI=1S/C17H24O10/c1-3-8-9(4-5-18)10(15(23)24-2)7-25-16(8)27-17-14(22)13(21)12(20)11(6-19)26-17/h3,5,7-9,11-14,16-17,19-22H,1,4,6H2,2H3/t8-,9+,11-,12-,13+,14-,16?,17+/m1/s1. The van der Waals surface area contributed by atoms with Crippen LogP contribution < -0.4 is 0 Å². The minimum atomic E-state index is -1.62. The quantitative estimate of drug-likeness (QED) is 0.224. The van der Waals surface area contributed by atoms with Crippen LogP contribution >= 0.6 is 0 Å². The monoisotopic (exact) mass is 388 g/mol. The van der Waals surface area contributed by atoms with Crippen molar-refractivity contribution in [2.45, 2.75) is 43.4 Å². The topological polar surface area (TPSA) is 152 Å². The van der Waals surface area contributed by atoms with Gasteiger partial charge < -0.3 is 44.2 Å². The Morgan fingerprint density at radius 3 is 2.52 bits per heavy atom. The second kappa shape index (κ2) is 9.40. The van der Waals surface area contributed by atoms with Gasteiger partial charge in [-0.1, -0.05) is 6.08 Å². The Morgan fingerprint density at radius 2 is 1.96 bits per heavy atom. The summed E-state index contributed by atoms with van der Waals surface area (Å²) in [5.41, 5.74) is 0.128. The van der Waals surface area contributed by atoms with Gasteiger partial charge in [-0.2, -0.15) is 0 Å². The highest BCUT2D eigenvalue weighted by Crippen LogP contribution is 2.36. The molecule has 2 rings (SSSR count). The summed E-state index contributed by atoms with van der Waals surface area (Å²) in [5, 5.41) is 39.0. The molecule has 4 N–H and O–H groups in total. The number of carbonyl (C=O) groups is 2. The van der Waals surface area contributed by atoms with E-state index in [9.17, 15) is 30.0 Å². The number of methoxy groups -OCH3 is 1. The third kappa shape index (κ3) is 4.37. The third-order valence-corrected chi connectivity index (χ3v) is 4.67. The Hall–Kier alpha value is -1.82. The Labute approximate surface area is 155 Å². The Kier molecular flexibility index (Phi) is 7.48. The first kappa shape index (κ1) is 21.5. The summed E-state index contributed by atoms with van der Waals surface area (Å²) in [5.74, 6) is -1.99. The average molecular weight is 388 g/mol. The molecular formula is C17H24O10. The summed E-state index contributed by atoms with van der Waals surface area (Å²) < 4.78 is 21.0. The second-order valence-electron chi connectivity index (χ2n) is 6.22. The van der Waals surface area contributed by atoms with Crippen molar-refractivity contribution in [3.63, 3.8) is 0 Å². The smallest absolute Gasteiger partial charge is 0.337 e. The molecule has 8 atom stereocenters. The number of ether oxygens (including phenoxy) is 4. The minimum Gasteiger partial charge on any atom is -0.471 e. The lowest BCUT2D eigenvalue weighted by Gasteiger charge is -2.42. The Bertz CT molecular complexity index is 574. The van der Waals surface area contributed by atoms with Crippen LogP contribution in [-0.2, 0) is 28.5 Å². The lowest BCUT2D eigenvalue weighted by molar-refractivity contribution is -0.339. The molecule has 0 aromatic carbocycles. The maximum Gasteiger partial charge on any atom is 0.337 e. The molecule has 10 nitrogen and oxygen atoms in total. The maximum absolute atomic E-state index is 11.9. The molecule has 2 heterocycles. The van der Waals surface area contributed by atoms with Crippen LogP contribution in [-0.4, -0.2) is 83.4 Å². The summed E-state index contributed by atoms with van der Waals surface area (Å²) >= 11 is 0. The van der Waals surface area contributed by atoms with Crippen LogP contribution in [0.2, 0.25) is 0 Å². The number of aliphatic hydroxyl groups excluding tert-OH is 4. The van der Waals surface area contributed by atoms with E-state index in [4.69, 9.17) is 14.2 Å². The van der Waals surface area contributed by atoms with Gasteiger partial charge in [0, 0.05) is 18.3 Å². The van der Waals surface area contributed by atoms with E-state index in [-0.39, 0.29) is 12.0 Å². The molecule has 0 aliphatic carbocycles. The second-order valence-corrected chi connectivity index (χ2v) is 6.22. The van der Waals surface area contributed by atoms with Crippen molar-refractivity contribution in [1.29, 1.82) is 0 Å². The molecule has 0 aromatic heterocycles. The molecule has 2 aliphatic heterocycles. The number of aldehydes is 1. The van der Waals surface area contributed by atoms with Crippen LogP contribution in [0.25, 0.3) is 0 Å². The van der Waals surface area contributed by atoms with Gasteiger partial charge in [0.1, 0.15) is 30.7 Å². The van der Waals surface area contributed by atoms with Crippen molar-refractivity contribution >= 4 is 12.3 Å². The zero-order valence-corrected chi connectivity index (χ0v) is 14.7. The van der Waals surface area contributed by atoms with Gasteiger partial charge in [-0.05, 0) is 0 Å². The lowest BCUT2D eigenvalue weighted by Crippen LogP contribution is -2.60. The van der Waals surface area contributed by atoms with Gasteiger partial charge >= 0.3 is 5.97 Å². The molecule has 1 fully saturated rings. The zero-order chi connectivity index (χ0) is 20.1. The fraction of sp³-hybridized carbons (Fsp3) is 0.647. The molecule has 27 heavy (non-hydrogen) atoms. The summed E-state index contributed by atoms with van der Waals surface area (Å²) in [6.45, 7) is 3.06. The molecular weight excluding hydrogens is 364 g/mol. The number of hydrogen-bond acceptors (Lipinski definition) is 10. The van der Waals surface area contributed by atoms with Crippen molar-refractivity contribution in [3.05, 3.63) is 24.5 Å². The fourth-order valence-electron chi connectivity index (χ4n) is 3.13. The predicted octanol–water partition coefficient (Wildman–Crippen LogP) is -1.78. The van der Waals surface area contributed by atoms with Gasteiger partial charge in [-0.15, -0.1) is 6.58 Å². The Balaban J connectivity index is 2.22. The van der Waals surface area contributed by atoms with E-state index >= 15 is 0 Å². The number of carbonyl (C=O) groups excluding carboxylic acids is 2. The molecule has 0 amide bonds. The molecule has 0 aromatic rings. The largest absolute Gasteiger partial charge is 0.471 e. The van der Waals surface area contributed by atoms with Crippen molar-refractivity contribution < 1.29 is 49.0 Å². The third-order valence-electron chi connectivity index (χ3n) is 4.67. The molecule has 1 unspecified atom stereocenters. The summed E-state index contributed by atoms with van der Waals surface area (Å²) in [6, 6.07) is 0. The fourth-order valence-corrected chi connectivity index (χ4v) is 3.13. The highest BCUT2D eigenvalue weighted by atomic mass is 16.8. The van der Waals surface area contributed by atoms with Crippen LogP contribution in [0.5, 0.6) is 0 Å². The number of aliphatic hydroxyl groups is 4. The van der Waals surface area contributed by atoms with E-state index in [1.54, 1.807) is 0 Å². The van der Waals surface area contributed by atoms with Crippen LogP contribution in [0.3, 0.4) is 0 Å². The maximum atomic E-state index is 11.9. The van der Waals surface area contributed by atoms with Crippen LogP contribution in [0, 0.1) is 11.8 Å². The van der Waals surface area contributed by atoms with Gasteiger partial charge in [-0.25, -0.2) is 4.79 Å². The molecule has 0 bridgehead atoms. The van der Waals surface area contributed by atoms with Gasteiger partial charge in [-0.3, -0.25) is 0 Å². The first-order valence-electron chi connectivity index (χ1n) is 8.35. The van der Waals surface area contributed by atoms with Crippen molar-refractivity contribution in [3.8, 4) is 0 Å². The van der Waals surface area contributed by atoms with Gasteiger partial charge in [0.05, 0.1) is 25.6 Å². The predicted molar refractivity (Wildman–Crippen MR) is 87.7 cm³/mol. The van der Waals surface area contributed by atoms with E-state index in [0.717, 1.165) is 6.26 Å². The lowest BCUT2D eigenvalue weighted by atomic mass is 9.82. The summed E-state index contributed by atoms with van der Waals surface area (Å²) in [4.78, 5) is 23.0. The van der Waals surface area contributed by atoms with Gasteiger partial charge in [0.15, 0.2) is 6.29 Å². The van der Waals surface area contributed by atoms with Crippen LogP contribution in [0.1, 0.15) is 6.42 Å². The molecule has 1 saturated heterocycles. The van der Waals surface area contributed by atoms with Crippen LogP contribution in [0.15, 0.2) is 24.5 Å². The Morgan fingerprint density at radius 1 is 1.26 bits per heavy atom. The SMILES string of the molecule is C=C[C@H]1C(O[C@@H]2O[C@H](CO)[C@@H](O)[C@H](O)[C@H]2O)OC=C(C(=O)OC)[C@H]1CC=O. The minimum absolute atomic E-state index is 0.0322. The summed E-state index contributed by atoms with van der Waals surface area (Å²) in [7, 11) is 1.20. The van der Waals surface area contributed by atoms with E-state index in [1.165, 1.54) is 13.2 Å². The number of rotatable bonds is 7. The van der Waals surface area contributed by atoms with Gasteiger partial charge in [0.25, 0.3) is 0 Å². The van der Waals surface area contributed by atoms with E-state index in [1.807, 2.05) is 0 Å². The van der Waals surface area contributed by atoms with E-state index in [2.05, 4.69) is 11.3 Å². The normalized spacial score (nSPS) is 39.1. The van der Waals surface area contributed by atoms with Crippen LogP contribution in [0.4, 0.5) is 0 Å². The molecule has 2 aliphatic rings. The highest BCUT2D eigenvalue weighted by molar-refractivity contribution is 5.89. The average Bonchev–Trinajstić information content (AvgIpc) is 2.68. The molecule has 0 radical (unpaired) electrons. The van der Waals surface area contributed by atoms with Gasteiger partial charge in [0.2, 0.25) is 6.29 Å². The molecule has 0 spiro atoms. The molecule has 152 valence electrons. The first-order chi connectivity index (χ1) is 12.9. The highest BCUT2D eigenvalue weighted by Gasteiger charge is 2.47. The van der Waals surface area contributed by atoms with Crippen molar-refractivity contribution in [2.24, 2.45) is 11.8 Å². The van der Waals surface area contributed by atoms with E-state index in [0.29, 0.717) is 6.29 Å². The first-order valence-corrected chi connectivity index (χ1v) is 8.35. The molecule has 10 heteroatoms. The van der Waals surface area contributed by atoms with Crippen molar-refractivity contribution in [1.82, 2.24) is 0 Å². The van der Waals surface area contributed by atoms with Crippen molar-refractivity contribution in [2.75, 3.05) is 13.7 Å². The van der Waals surface area contributed by atoms with E-state index < -0.39 is 61.4 Å². The molecule has 0 saturated carbocycles. The number of esters is 1. The summed E-state index contributed by atoms with van der Waals surface area (Å²) in [6.07, 6.45) is -5.31. The number of hydrogen-bond donors (Lipinski definition) is 4.